The Balaban J connectivity index is 1.73. The lowest BCUT2D eigenvalue weighted by molar-refractivity contribution is 0.0939. The minimum Gasteiger partial charge on any atom is -0.342 e. The van der Waals surface area contributed by atoms with Crippen molar-refractivity contribution in [3.63, 3.8) is 0 Å². The molecule has 11 heteroatoms. The first-order valence-corrected chi connectivity index (χ1v) is 6.64. The first-order valence-electron chi connectivity index (χ1n) is 6.64. The van der Waals surface area contributed by atoms with Gasteiger partial charge in [0, 0.05) is 7.05 Å². The van der Waals surface area contributed by atoms with Crippen molar-refractivity contribution in [1.82, 2.24) is 30.2 Å². The van der Waals surface area contributed by atoms with Crippen molar-refractivity contribution in [3.05, 3.63) is 52.0 Å². The van der Waals surface area contributed by atoms with E-state index in [2.05, 4.69) is 25.5 Å². The molecule has 9 nitrogen and oxygen atoms in total. The minimum atomic E-state index is -0.847. The number of nitrogens with one attached hydrogen (secondary N) is 2. The molecule has 0 bridgehead atoms. The van der Waals surface area contributed by atoms with Crippen molar-refractivity contribution >= 4 is 5.91 Å². The maximum absolute atomic E-state index is 13.6. The van der Waals surface area contributed by atoms with E-state index in [1.807, 2.05) is 0 Å². The summed E-state index contributed by atoms with van der Waals surface area (Å²) < 4.78 is 33.0. The van der Waals surface area contributed by atoms with Crippen molar-refractivity contribution in [1.29, 1.82) is 0 Å². The second-order valence-electron chi connectivity index (χ2n) is 4.70. The molecule has 3 aromatic rings. The van der Waals surface area contributed by atoms with Gasteiger partial charge in [-0.25, -0.2) is 18.3 Å². The van der Waals surface area contributed by atoms with E-state index >= 15 is 0 Å². The fourth-order valence-electron chi connectivity index (χ4n) is 1.88. The fourth-order valence-corrected chi connectivity index (χ4v) is 1.88. The molecule has 2 aromatic heterocycles. The third-order valence-electron chi connectivity index (χ3n) is 3.04. The predicted molar refractivity (Wildman–Crippen MR) is 74.6 cm³/mol. The van der Waals surface area contributed by atoms with E-state index in [4.69, 9.17) is 4.52 Å². The van der Waals surface area contributed by atoms with Gasteiger partial charge < -0.3 is 9.84 Å². The van der Waals surface area contributed by atoms with Gasteiger partial charge in [-0.1, -0.05) is 11.2 Å². The maximum atomic E-state index is 13.6. The Bertz CT molecular complexity index is 941. The van der Waals surface area contributed by atoms with Gasteiger partial charge in [0.2, 0.25) is 5.82 Å². The van der Waals surface area contributed by atoms with Gasteiger partial charge in [0.25, 0.3) is 11.8 Å². The summed E-state index contributed by atoms with van der Waals surface area (Å²) in [6, 6.07) is 3.32. The van der Waals surface area contributed by atoms with E-state index in [-0.39, 0.29) is 24.1 Å². The Morgan fingerprint density at radius 1 is 1.38 bits per heavy atom. The standard InChI is InChI=1S/C13H10F2N6O3/c1-21-13(23)18-10(19-21)11(22)16-5-8-17-12(24-20-8)9-6(14)3-2-4-7(9)15/h2-4H,5H2,1H3,(H,16,22)(H,18,19,23). The summed E-state index contributed by atoms with van der Waals surface area (Å²) in [5.41, 5.74) is -0.992. The van der Waals surface area contributed by atoms with Crippen LogP contribution in [0.5, 0.6) is 0 Å². The molecule has 0 aliphatic heterocycles. The molecule has 0 saturated carbocycles. The van der Waals surface area contributed by atoms with Crippen molar-refractivity contribution in [2.24, 2.45) is 7.05 Å². The maximum Gasteiger partial charge on any atom is 0.343 e. The lowest BCUT2D eigenvalue weighted by Crippen LogP contribution is -2.25. The number of carbonyl (C=O) groups excluding carboxylic acids is 1. The number of nitrogens with zero attached hydrogens (tertiary/aromatic N) is 4. The molecule has 3 rings (SSSR count). The number of aromatic amines is 1. The van der Waals surface area contributed by atoms with Crippen LogP contribution in [0, 0.1) is 11.6 Å². The van der Waals surface area contributed by atoms with Gasteiger partial charge in [0.1, 0.15) is 17.2 Å². The van der Waals surface area contributed by atoms with Crippen LogP contribution in [0.4, 0.5) is 8.78 Å². The third-order valence-corrected chi connectivity index (χ3v) is 3.04. The number of benzene rings is 1. The van der Waals surface area contributed by atoms with E-state index in [0.717, 1.165) is 16.8 Å². The van der Waals surface area contributed by atoms with Crippen molar-refractivity contribution in [2.75, 3.05) is 0 Å². The van der Waals surface area contributed by atoms with E-state index in [0.29, 0.717) is 0 Å². The number of H-pyrrole nitrogens is 1. The normalized spacial score (nSPS) is 10.8. The van der Waals surface area contributed by atoms with Gasteiger partial charge in [-0.05, 0) is 12.1 Å². The molecular formula is C13H10F2N6O3. The molecule has 1 amide bonds. The quantitative estimate of drug-likeness (QED) is 0.710. The van der Waals surface area contributed by atoms with Gasteiger partial charge in [0.15, 0.2) is 5.82 Å². The zero-order valence-electron chi connectivity index (χ0n) is 12.2. The van der Waals surface area contributed by atoms with Crippen LogP contribution >= 0.6 is 0 Å². The Morgan fingerprint density at radius 3 is 2.71 bits per heavy atom. The van der Waals surface area contributed by atoms with Crippen molar-refractivity contribution in [2.45, 2.75) is 6.54 Å². The predicted octanol–water partition coefficient (Wildman–Crippen LogP) is 0.367. The molecule has 0 aliphatic rings. The second-order valence-corrected chi connectivity index (χ2v) is 4.70. The number of hydrogen-bond acceptors (Lipinski definition) is 6. The molecule has 24 heavy (non-hydrogen) atoms. The van der Waals surface area contributed by atoms with Gasteiger partial charge in [0.05, 0.1) is 6.54 Å². The highest BCUT2D eigenvalue weighted by Crippen LogP contribution is 2.24. The van der Waals surface area contributed by atoms with Gasteiger partial charge in [-0.2, -0.15) is 4.98 Å². The van der Waals surface area contributed by atoms with E-state index in [1.165, 1.54) is 13.1 Å². The lowest BCUT2D eigenvalue weighted by atomic mass is 10.2. The summed E-state index contributed by atoms with van der Waals surface area (Å²) in [5.74, 6) is -2.90. The summed E-state index contributed by atoms with van der Waals surface area (Å²) in [6.45, 7) is -0.184. The highest BCUT2D eigenvalue weighted by Gasteiger charge is 2.18. The molecule has 1 aromatic carbocycles. The highest BCUT2D eigenvalue weighted by atomic mass is 19.1. The van der Waals surface area contributed by atoms with Crippen LogP contribution in [0.3, 0.4) is 0 Å². The molecule has 0 atom stereocenters. The summed E-state index contributed by atoms with van der Waals surface area (Å²) >= 11 is 0. The van der Waals surface area contributed by atoms with Crippen LogP contribution in [0.25, 0.3) is 11.5 Å². The van der Waals surface area contributed by atoms with Crippen LogP contribution in [-0.4, -0.2) is 30.8 Å². The summed E-state index contributed by atoms with van der Waals surface area (Å²) in [5, 5.41) is 9.60. The molecule has 0 fully saturated rings. The molecule has 0 saturated heterocycles. The van der Waals surface area contributed by atoms with Crippen LogP contribution in [0.2, 0.25) is 0 Å². The minimum absolute atomic E-state index is 0.000666. The highest BCUT2D eigenvalue weighted by molar-refractivity contribution is 5.90. The van der Waals surface area contributed by atoms with Crippen molar-refractivity contribution < 1.29 is 18.1 Å². The van der Waals surface area contributed by atoms with Crippen LogP contribution in [0.15, 0.2) is 27.5 Å². The zero-order valence-corrected chi connectivity index (χ0v) is 12.2. The largest absolute Gasteiger partial charge is 0.343 e. The number of aromatic nitrogens is 5. The van der Waals surface area contributed by atoms with Crippen LogP contribution in [0.1, 0.15) is 16.4 Å². The Morgan fingerprint density at radius 2 is 2.08 bits per heavy atom. The van der Waals surface area contributed by atoms with Gasteiger partial charge in [-0.15, -0.1) is 5.10 Å². The Kier molecular flexibility index (Phi) is 3.90. The number of hydrogen-bond donors (Lipinski definition) is 2. The molecule has 0 spiro atoms. The fraction of sp³-hybridized carbons (Fsp3) is 0.154. The molecule has 0 unspecified atom stereocenters. The zero-order chi connectivity index (χ0) is 17.3. The molecule has 124 valence electrons. The van der Waals surface area contributed by atoms with E-state index < -0.39 is 28.8 Å². The van der Waals surface area contributed by atoms with E-state index in [9.17, 15) is 18.4 Å². The Labute approximate surface area is 132 Å². The first kappa shape index (κ1) is 15.5. The summed E-state index contributed by atoms with van der Waals surface area (Å²) in [6.07, 6.45) is 0. The number of halogens is 2. The average Bonchev–Trinajstić information content (AvgIpc) is 3.12. The number of carbonyl (C=O) groups is 1. The third kappa shape index (κ3) is 2.91. The molecule has 2 N–H and O–H groups in total. The SMILES string of the molecule is Cn1nc(C(=O)NCc2noc(-c3c(F)cccc3F)n2)[nH]c1=O. The molecule has 2 heterocycles. The van der Waals surface area contributed by atoms with Gasteiger partial charge in [-0.3, -0.25) is 9.78 Å². The molecule has 0 aliphatic carbocycles. The first-order chi connectivity index (χ1) is 11.5. The molecular weight excluding hydrogens is 326 g/mol. The summed E-state index contributed by atoms with van der Waals surface area (Å²) in [7, 11) is 1.38. The van der Waals surface area contributed by atoms with Crippen molar-refractivity contribution in [3.8, 4) is 11.5 Å². The average molecular weight is 336 g/mol. The number of rotatable bonds is 4. The monoisotopic (exact) mass is 336 g/mol. The lowest BCUT2D eigenvalue weighted by Gasteiger charge is -1.98. The number of amides is 1. The topological polar surface area (TPSA) is 119 Å². The number of aryl methyl sites for hydroxylation is 1. The molecule has 0 radical (unpaired) electrons. The van der Waals surface area contributed by atoms with Gasteiger partial charge >= 0.3 is 5.69 Å². The Hall–Kier alpha value is -3.37. The smallest absolute Gasteiger partial charge is 0.342 e. The van der Waals surface area contributed by atoms with Crippen LogP contribution in [-0.2, 0) is 13.6 Å². The van der Waals surface area contributed by atoms with E-state index in [1.54, 1.807) is 0 Å². The van der Waals surface area contributed by atoms with Crippen LogP contribution < -0.4 is 11.0 Å². The summed E-state index contributed by atoms with van der Waals surface area (Å²) in [4.78, 5) is 29.1. The second kappa shape index (κ2) is 6.02.